The third-order valence-electron chi connectivity index (χ3n) is 3.05. The monoisotopic (exact) mass is 292 g/mol. The summed E-state index contributed by atoms with van der Waals surface area (Å²) in [6, 6.07) is 10.6. The third kappa shape index (κ3) is 5.55. The van der Waals surface area contributed by atoms with Gasteiger partial charge in [0.05, 0.1) is 12.7 Å². The molecule has 0 radical (unpaired) electrons. The summed E-state index contributed by atoms with van der Waals surface area (Å²) < 4.78 is 5.54. The van der Waals surface area contributed by atoms with Crippen LogP contribution in [0.2, 0.25) is 0 Å². The second-order valence-electron chi connectivity index (χ2n) is 4.26. The number of benzene rings is 1. The molecule has 3 nitrogen and oxygen atoms in total. The van der Waals surface area contributed by atoms with Crippen LogP contribution in [-0.4, -0.2) is 43.8 Å². The zero-order valence-electron chi connectivity index (χ0n) is 10.5. The van der Waals surface area contributed by atoms with Crippen LogP contribution in [0.25, 0.3) is 0 Å². The second kappa shape index (κ2) is 9.59. The SMILES string of the molecule is Cl.Cl.NCC1CN(CCc2ccccc2)CCO1. The molecule has 1 aromatic carbocycles. The first-order valence-electron chi connectivity index (χ1n) is 5.96. The highest BCUT2D eigenvalue weighted by Gasteiger charge is 2.18. The molecule has 0 saturated carbocycles. The predicted molar refractivity (Wildman–Crippen MR) is 79.9 cm³/mol. The fourth-order valence-electron chi connectivity index (χ4n) is 2.06. The van der Waals surface area contributed by atoms with Crippen LogP contribution in [0.15, 0.2) is 30.3 Å². The van der Waals surface area contributed by atoms with E-state index >= 15 is 0 Å². The van der Waals surface area contributed by atoms with E-state index in [1.54, 1.807) is 0 Å². The average Bonchev–Trinajstić information content (AvgIpc) is 2.38. The van der Waals surface area contributed by atoms with Gasteiger partial charge in [-0.2, -0.15) is 0 Å². The second-order valence-corrected chi connectivity index (χ2v) is 4.26. The van der Waals surface area contributed by atoms with Gasteiger partial charge in [-0.25, -0.2) is 0 Å². The van der Waals surface area contributed by atoms with Crippen molar-refractivity contribution in [1.29, 1.82) is 0 Å². The quantitative estimate of drug-likeness (QED) is 0.919. The summed E-state index contributed by atoms with van der Waals surface area (Å²) in [6.45, 7) is 4.55. The van der Waals surface area contributed by atoms with E-state index in [1.807, 2.05) is 0 Å². The van der Waals surface area contributed by atoms with Gasteiger partial charge in [-0.15, -0.1) is 24.8 Å². The fraction of sp³-hybridized carbons (Fsp3) is 0.538. The van der Waals surface area contributed by atoms with Crippen LogP contribution in [0.5, 0.6) is 0 Å². The first kappa shape index (κ1) is 17.7. The van der Waals surface area contributed by atoms with Crippen molar-refractivity contribution < 1.29 is 4.74 Å². The number of nitrogens with zero attached hydrogens (tertiary/aromatic N) is 1. The van der Waals surface area contributed by atoms with Crippen molar-refractivity contribution in [2.24, 2.45) is 5.73 Å². The molecule has 0 bridgehead atoms. The zero-order chi connectivity index (χ0) is 11.2. The van der Waals surface area contributed by atoms with Crippen LogP contribution in [0, 0.1) is 0 Å². The number of hydrogen-bond donors (Lipinski definition) is 1. The van der Waals surface area contributed by atoms with Crippen LogP contribution in [0.1, 0.15) is 5.56 Å². The van der Waals surface area contributed by atoms with Gasteiger partial charge in [-0.05, 0) is 12.0 Å². The topological polar surface area (TPSA) is 38.5 Å². The van der Waals surface area contributed by atoms with Gasteiger partial charge in [-0.1, -0.05) is 30.3 Å². The average molecular weight is 293 g/mol. The predicted octanol–water partition coefficient (Wildman–Crippen LogP) is 1.73. The van der Waals surface area contributed by atoms with Gasteiger partial charge in [0.25, 0.3) is 0 Å². The smallest absolute Gasteiger partial charge is 0.0824 e. The lowest BCUT2D eigenvalue weighted by Crippen LogP contribution is -2.46. The third-order valence-corrected chi connectivity index (χ3v) is 3.05. The molecule has 1 fully saturated rings. The van der Waals surface area contributed by atoms with Gasteiger partial charge >= 0.3 is 0 Å². The Labute approximate surface area is 121 Å². The van der Waals surface area contributed by atoms with Crippen LogP contribution >= 0.6 is 24.8 Å². The van der Waals surface area contributed by atoms with Crippen molar-refractivity contribution in [3.8, 4) is 0 Å². The molecular weight excluding hydrogens is 271 g/mol. The molecule has 1 atom stereocenters. The van der Waals surface area contributed by atoms with Crippen molar-refractivity contribution in [3.63, 3.8) is 0 Å². The molecule has 0 aromatic heterocycles. The largest absolute Gasteiger partial charge is 0.374 e. The highest BCUT2D eigenvalue weighted by Crippen LogP contribution is 2.06. The molecular formula is C13H22Cl2N2O. The molecule has 1 saturated heterocycles. The molecule has 18 heavy (non-hydrogen) atoms. The zero-order valence-corrected chi connectivity index (χ0v) is 12.1. The Kier molecular flexibility index (Phi) is 9.42. The van der Waals surface area contributed by atoms with E-state index in [0.29, 0.717) is 6.54 Å². The molecule has 2 rings (SSSR count). The molecule has 0 amide bonds. The van der Waals surface area contributed by atoms with Crippen LogP contribution in [-0.2, 0) is 11.2 Å². The van der Waals surface area contributed by atoms with Gasteiger partial charge in [0.15, 0.2) is 0 Å². The van der Waals surface area contributed by atoms with Gasteiger partial charge in [0.2, 0.25) is 0 Å². The lowest BCUT2D eigenvalue weighted by molar-refractivity contribution is -0.0226. The molecule has 1 aliphatic heterocycles. The Morgan fingerprint density at radius 3 is 2.61 bits per heavy atom. The molecule has 0 spiro atoms. The number of nitrogens with two attached hydrogens (primary N) is 1. The minimum atomic E-state index is 0. The first-order chi connectivity index (χ1) is 7.88. The van der Waals surface area contributed by atoms with E-state index in [4.69, 9.17) is 10.5 Å². The number of morpholine rings is 1. The lowest BCUT2D eigenvalue weighted by Gasteiger charge is -2.32. The Morgan fingerprint density at radius 1 is 1.22 bits per heavy atom. The Morgan fingerprint density at radius 2 is 1.94 bits per heavy atom. The van der Waals surface area contributed by atoms with E-state index < -0.39 is 0 Å². The maximum Gasteiger partial charge on any atom is 0.0824 e. The van der Waals surface area contributed by atoms with E-state index in [0.717, 1.165) is 32.7 Å². The Bertz CT molecular complexity index is 311. The summed E-state index contributed by atoms with van der Waals surface area (Å²) in [5.41, 5.74) is 7.02. The molecule has 5 heteroatoms. The van der Waals surface area contributed by atoms with Crippen molar-refractivity contribution in [2.75, 3.05) is 32.8 Å². The molecule has 0 aliphatic carbocycles. The highest BCUT2D eigenvalue weighted by molar-refractivity contribution is 5.85. The summed E-state index contributed by atoms with van der Waals surface area (Å²) in [5, 5.41) is 0. The van der Waals surface area contributed by atoms with E-state index in [1.165, 1.54) is 5.56 Å². The molecule has 1 unspecified atom stereocenters. The molecule has 104 valence electrons. The first-order valence-corrected chi connectivity index (χ1v) is 5.96. The normalized spacial score (nSPS) is 19.7. The number of rotatable bonds is 4. The van der Waals surface area contributed by atoms with Gasteiger partial charge in [-0.3, -0.25) is 4.90 Å². The summed E-state index contributed by atoms with van der Waals surface area (Å²) in [7, 11) is 0. The minimum absolute atomic E-state index is 0. The summed E-state index contributed by atoms with van der Waals surface area (Å²) in [5.74, 6) is 0. The van der Waals surface area contributed by atoms with Crippen LogP contribution in [0.3, 0.4) is 0 Å². The summed E-state index contributed by atoms with van der Waals surface area (Å²) >= 11 is 0. The van der Waals surface area contributed by atoms with Crippen molar-refractivity contribution >= 4 is 24.8 Å². The van der Waals surface area contributed by atoms with Crippen molar-refractivity contribution in [3.05, 3.63) is 35.9 Å². The van der Waals surface area contributed by atoms with E-state index in [9.17, 15) is 0 Å². The van der Waals surface area contributed by atoms with E-state index in [-0.39, 0.29) is 30.9 Å². The standard InChI is InChI=1S/C13H20N2O.2ClH/c14-10-13-11-15(8-9-16-13)7-6-12-4-2-1-3-5-12;;/h1-5,13H,6-11,14H2;2*1H. The number of hydrogen-bond acceptors (Lipinski definition) is 3. The Hall–Kier alpha value is -0.320. The van der Waals surface area contributed by atoms with Crippen molar-refractivity contribution in [1.82, 2.24) is 4.90 Å². The number of ether oxygens (including phenoxy) is 1. The van der Waals surface area contributed by atoms with Gasteiger partial charge in [0, 0.05) is 26.2 Å². The fourth-order valence-corrected chi connectivity index (χ4v) is 2.06. The lowest BCUT2D eigenvalue weighted by atomic mass is 10.1. The van der Waals surface area contributed by atoms with E-state index in [2.05, 4.69) is 35.2 Å². The highest BCUT2D eigenvalue weighted by atomic mass is 35.5. The summed E-state index contributed by atoms with van der Waals surface area (Å²) in [4.78, 5) is 2.44. The number of halogens is 2. The maximum atomic E-state index is 5.62. The maximum absolute atomic E-state index is 5.62. The summed E-state index contributed by atoms with van der Waals surface area (Å²) in [6.07, 6.45) is 1.34. The van der Waals surface area contributed by atoms with Crippen LogP contribution < -0.4 is 5.73 Å². The molecule has 1 heterocycles. The Balaban J connectivity index is 0.00000144. The molecule has 1 aliphatic rings. The minimum Gasteiger partial charge on any atom is -0.374 e. The molecule has 1 aromatic rings. The van der Waals surface area contributed by atoms with Gasteiger partial charge < -0.3 is 10.5 Å². The van der Waals surface area contributed by atoms with Crippen molar-refractivity contribution in [2.45, 2.75) is 12.5 Å². The van der Waals surface area contributed by atoms with Crippen LogP contribution in [0.4, 0.5) is 0 Å². The molecule has 2 N–H and O–H groups in total. The van der Waals surface area contributed by atoms with Gasteiger partial charge in [0.1, 0.15) is 0 Å².